The van der Waals surface area contributed by atoms with E-state index in [-0.39, 0.29) is 11.8 Å². The molecular weight excluding hydrogens is 316 g/mol. The van der Waals surface area contributed by atoms with Crippen LogP contribution in [0.1, 0.15) is 35.9 Å². The molecule has 6 nitrogen and oxygen atoms in total. The number of likely N-dealkylation sites (N-methyl/N-ethyl adjacent to an activating group) is 1. The normalized spacial score (nSPS) is 10.6. The minimum absolute atomic E-state index is 0.143. The average molecular weight is 340 g/mol. The summed E-state index contributed by atoms with van der Waals surface area (Å²) in [6.07, 6.45) is 4.95. The van der Waals surface area contributed by atoms with Crippen LogP contribution in [-0.2, 0) is 11.3 Å². The Morgan fingerprint density at radius 3 is 2.60 bits per heavy atom. The van der Waals surface area contributed by atoms with E-state index in [0.717, 1.165) is 5.82 Å². The second kappa shape index (κ2) is 8.28. The van der Waals surface area contributed by atoms with E-state index in [1.54, 1.807) is 37.5 Å². The Labute approximate surface area is 148 Å². The molecule has 0 fully saturated rings. The largest absolute Gasteiger partial charge is 0.350 e. The van der Waals surface area contributed by atoms with Gasteiger partial charge in [0.15, 0.2) is 0 Å². The van der Waals surface area contributed by atoms with E-state index < -0.39 is 0 Å². The topological polar surface area (TPSA) is 67.2 Å². The summed E-state index contributed by atoms with van der Waals surface area (Å²) >= 11 is 0. The second-order valence-corrected chi connectivity index (χ2v) is 6.04. The molecule has 0 aliphatic rings. The number of amides is 2. The van der Waals surface area contributed by atoms with E-state index >= 15 is 0 Å². The predicted molar refractivity (Wildman–Crippen MR) is 98.7 cm³/mol. The van der Waals surface area contributed by atoms with Crippen molar-refractivity contribution < 1.29 is 9.59 Å². The van der Waals surface area contributed by atoms with Crippen LogP contribution in [0.25, 0.3) is 0 Å². The first-order valence-corrected chi connectivity index (χ1v) is 8.23. The van der Waals surface area contributed by atoms with Crippen LogP contribution < -0.4 is 10.2 Å². The Balaban J connectivity index is 1.91. The zero-order valence-electron chi connectivity index (χ0n) is 14.9. The lowest BCUT2D eigenvalue weighted by molar-refractivity contribution is -0.113. The number of hydrogen-bond donors (Lipinski definition) is 1. The van der Waals surface area contributed by atoms with Crippen LogP contribution in [0.4, 0.5) is 5.69 Å². The molecule has 0 saturated carbocycles. The van der Waals surface area contributed by atoms with Crippen molar-refractivity contribution in [3.05, 3.63) is 60.7 Å². The summed E-state index contributed by atoms with van der Waals surface area (Å²) in [4.78, 5) is 29.6. The molecule has 132 valence electrons. The fourth-order valence-electron chi connectivity index (χ4n) is 2.50. The van der Waals surface area contributed by atoms with E-state index in [9.17, 15) is 9.59 Å². The molecule has 1 aromatic carbocycles. The van der Waals surface area contributed by atoms with Crippen molar-refractivity contribution in [2.45, 2.75) is 26.3 Å². The van der Waals surface area contributed by atoms with Gasteiger partial charge in [-0.2, -0.15) is 0 Å². The van der Waals surface area contributed by atoms with Crippen molar-refractivity contribution >= 4 is 17.5 Å². The van der Waals surface area contributed by atoms with Gasteiger partial charge in [0.25, 0.3) is 5.91 Å². The molecule has 0 aliphatic carbocycles. The Morgan fingerprint density at radius 2 is 2.00 bits per heavy atom. The fraction of sp³-hybridized carbons (Fsp3) is 0.316. The molecule has 0 spiro atoms. The lowest BCUT2D eigenvalue weighted by atomic mass is 10.2. The van der Waals surface area contributed by atoms with E-state index in [0.29, 0.717) is 30.3 Å². The van der Waals surface area contributed by atoms with E-state index in [2.05, 4.69) is 30.7 Å². The summed E-state index contributed by atoms with van der Waals surface area (Å²) in [6.45, 7) is 8.84. The van der Waals surface area contributed by atoms with Gasteiger partial charge in [-0.05, 0) is 30.3 Å². The molecule has 1 aromatic heterocycles. The maximum atomic E-state index is 12.2. The van der Waals surface area contributed by atoms with Crippen LogP contribution in [0.15, 0.2) is 49.3 Å². The highest BCUT2D eigenvalue weighted by Crippen LogP contribution is 2.14. The van der Waals surface area contributed by atoms with Crippen LogP contribution in [0.2, 0.25) is 0 Å². The average Bonchev–Trinajstić information content (AvgIpc) is 3.09. The molecule has 1 heterocycles. The standard InChI is InChI=1S/C19H24N4O2/c1-5-17(24)22(4)16-8-6-15(7-9-16)19(25)21-11-13-23-12-10-20-18(23)14(2)3/h5-10,12,14H,1,11,13H2,2-4H3,(H,21,25). The maximum absolute atomic E-state index is 12.2. The second-order valence-electron chi connectivity index (χ2n) is 6.04. The van der Waals surface area contributed by atoms with Crippen LogP contribution in [0.5, 0.6) is 0 Å². The van der Waals surface area contributed by atoms with Gasteiger partial charge in [-0.1, -0.05) is 20.4 Å². The number of nitrogens with zero attached hydrogens (tertiary/aromatic N) is 3. The first kappa shape index (κ1) is 18.4. The first-order chi connectivity index (χ1) is 11.9. The van der Waals surface area contributed by atoms with Crippen molar-refractivity contribution in [3.63, 3.8) is 0 Å². The third-order valence-electron chi connectivity index (χ3n) is 3.92. The molecule has 1 N–H and O–H groups in total. The summed E-state index contributed by atoms with van der Waals surface area (Å²) in [5, 5.41) is 2.90. The number of benzene rings is 1. The number of carbonyl (C=O) groups is 2. The highest BCUT2D eigenvalue weighted by atomic mass is 16.2. The van der Waals surface area contributed by atoms with Gasteiger partial charge >= 0.3 is 0 Å². The highest BCUT2D eigenvalue weighted by molar-refractivity contribution is 6.01. The molecule has 0 radical (unpaired) electrons. The Bertz CT molecular complexity index is 747. The van der Waals surface area contributed by atoms with Crippen molar-refractivity contribution in [3.8, 4) is 0 Å². The lowest BCUT2D eigenvalue weighted by Crippen LogP contribution is -2.28. The summed E-state index contributed by atoms with van der Waals surface area (Å²) in [7, 11) is 1.66. The molecule has 0 atom stereocenters. The van der Waals surface area contributed by atoms with Gasteiger partial charge in [-0.15, -0.1) is 0 Å². The van der Waals surface area contributed by atoms with Gasteiger partial charge in [-0.25, -0.2) is 4.98 Å². The SMILES string of the molecule is C=CC(=O)N(C)c1ccc(C(=O)NCCn2ccnc2C(C)C)cc1. The number of hydrogen-bond acceptors (Lipinski definition) is 3. The molecule has 2 rings (SSSR count). The van der Waals surface area contributed by atoms with Crippen LogP contribution in [0.3, 0.4) is 0 Å². The molecule has 0 bridgehead atoms. The first-order valence-electron chi connectivity index (χ1n) is 8.23. The Kier molecular flexibility index (Phi) is 6.11. The number of rotatable bonds is 7. The van der Waals surface area contributed by atoms with E-state index in [4.69, 9.17) is 0 Å². The fourth-order valence-corrected chi connectivity index (χ4v) is 2.50. The van der Waals surface area contributed by atoms with E-state index in [1.807, 2.05) is 10.8 Å². The van der Waals surface area contributed by atoms with Gasteiger partial charge in [0.05, 0.1) is 0 Å². The summed E-state index contributed by atoms with van der Waals surface area (Å²) in [5.41, 5.74) is 1.26. The number of aromatic nitrogens is 2. The van der Waals surface area contributed by atoms with Crippen molar-refractivity contribution in [1.29, 1.82) is 0 Å². The predicted octanol–water partition coefficient (Wildman–Crippen LogP) is 2.59. The Hall–Kier alpha value is -2.89. The molecule has 0 saturated heterocycles. The van der Waals surface area contributed by atoms with Crippen LogP contribution in [0, 0.1) is 0 Å². The molecule has 0 unspecified atom stereocenters. The molecule has 2 amide bonds. The van der Waals surface area contributed by atoms with Gasteiger partial charge in [0.1, 0.15) is 5.82 Å². The van der Waals surface area contributed by atoms with Gasteiger partial charge in [-0.3, -0.25) is 9.59 Å². The number of nitrogens with one attached hydrogen (secondary N) is 1. The summed E-state index contributed by atoms with van der Waals surface area (Å²) in [5.74, 6) is 1.01. The minimum Gasteiger partial charge on any atom is -0.350 e. The quantitative estimate of drug-likeness (QED) is 0.788. The molecular formula is C19H24N4O2. The van der Waals surface area contributed by atoms with Crippen molar-refractivity contribution in [2.75, 3.05) is 18.5 Å². The van der Waals surface area contributed by atoms with Crippen LogP contribution >= 0.6 is 0 Å². The molecule has 2 aromatic rings. The van der Waals surface area contributed by atoms with Crippen LogP contribution in [-0.4, -0.2) is 35.0 Å². The lowest BCUT2D eigenvalue weighted by Gasteiger charge is -2.15. The third-order valence-corrected chi connectivity index (χ3v) is 3.92. The molecule has 6 heteroatoms. The van der Waals surface area contributed by atoms with Crippen molar-refractivity contribution in [1.82, 2.24) is 14.9 Å². The molecule has 25 heavy (non-hydrogen) atoms. The van der Waals surface area contributed by atoms with Gasteiger partial charge in [0.2, 0.25) is 5.91 Å². The van der Waals surface area contributed by atoms with Gasteiger partial charge < -0.3 is 14.8 Å². The third kappa shape index (κ3) is 4.56. The smallest absolute Gasteiger partial charge is 0.251 e. The van der Waals surface area contributed by atoms with Gasteiger partial charge in [0, 0.05) is 49.7 Å². The number of carbonyl (C=O) groups excluding carboxylic acids is 2. The maximum Gasteiger partial charge on any atom is 0.251 e. The summed E-state index contributed by atoms with van der Waals surface area (Å²) < 4.78 is 2.05. The number of imidazole rings is 1. The summed E-state index contributed by atoms with van der Waals surface area (Å²) in [6, 6.07) is 6.88. The Morgan fingerprint density at radius 1 is 1.32 bits per heavy atom. The zero-order valence-corrected chi connectivity index (χ0v) is 14.9. The molecule has 0 aliphatic heterocycles. The zero-order chi connectivity index (χ0) is 18.4. The number of anilines is 1. The monoisotopic (exact) mass is 340 g/mol. The van der Waals surface area contributed by atoms with E-state index in [1.165, 1.54) is 11.0 Å². The van der Waals surface area contributed by atoms with Crippen molar-refractivity contribution in [2.24, 2.45) is 0 Å². The highest BCUT2D eigenvalue weighted by Gasteiger charge is 2.10. The minimum atomic E-state index is -0.196.